The normalized spacial score (nSPS) is 23.1. The van der Waals surface area contributed by atoms with Crippen LogP contribution in [0.25, 0.3) is 0 Å². The first-order valence-electron chi connectivity index (χ1n) is 9.60. The van der Waals surface area contributed by atoms with Crippen molar-refractivity contribution in [2.24, 2.45) is 0 Å². The molecule has 4 rings (SSSR count). The number of nitrogens with zero attached hydrogens (tertiary/aromatic N) is 4. The number of amides is 1. The highest BCUT2D eigenvalue weighted by Gasteiger charge is 2.45. The Kier molecular flexibility index (Phi) is 4.88. The molecular formula is C20H27N5O2. The van der Waals surface area contributed by atoms with Gasteiger partial charge in [-0.3, -0.25) is 9.48 Å². The van der Waals surface area contributed by atoms with Crippen LogP contribution in [0.4, 0.5) is 11.5 Å². The summed E-state index contributed by atoms with van der Waals surface area (Å²) in [5.74, 6) is 0.605. The zero-order valence-corrected chi connectivity index (χ0v) is 15.8. The second kappa shape index (κ2) is 7.32. The number of morpholine rings is 1. The zero-order chi connectivity index (χ0) is 18.9. The van der Waals surface area contributed by atoms with Gasteiger partial charge in [0.25, 0.3) is 5.91 Å². The molecule has 2 fully saturated rings. The van der Waals surface area contributed by atoms with E-state index in [1.165, 1.54) is 0 Å². The van der Waals surface area contributed by atoms with Gasteiger partial charge in [0.2, 0.25) is 0 Å². The zero-order valence-electron chi connectivity index (χ0n) is 15.8. The average molecular weight is 369 g/mol. The summed E-state index contributed by atoms with van der Waals surface area (Å²) < 4.78 is 8.12. The molecule has 3 heterocycles. The molecule has 144 valence electrons. The Morgan fingerprint density at radius 2 is 1.93 bits per heavy atom. The number of piperidine rings is 1. The van der Waals surface area contributed by atoms with Gasteiger partial charge in [-0.25, -0.2) is 0 Å². The topological polar surface area (TPSA) is 76.6 Å². The number of carbonyl (C=O) groups excluding carboxylic acids is 1. The molecule has 1 amide bonds. The standard InChI is InChI=1S/C20H27N5O2/c1-16-19(26)25(17-5-3-2-4-6-17)15-20(27-16)8-11-23(12-9-20)13-14-24-10-7-18(21)22-24/h2-7,10,16H,8-9,11-15H2,1H3,(H2,21,22). The Bertz CT molecular complexity index is 783. The van der Waals surface area contributed by atoms with Crippen LogP contribution < -0.4 is 10.6 Å². The number of carbonyl (C=O) groups is 1. The lowest BCUT2D eigenvalue weighted by atomic mass is 9.88. The van der Waals surface area contributed by atoms with Crippen LogP contribution in [0, 0.1) is 0 Å². The van der Waals surface area contributed by atoms with Crippen LogP contribution in [-0.4, -0.2) is 58.5 Å². The first-order chi connectivity index (χ1) is 13.0. The summed E-state index contributed by atoms with van der Waals surface area (Å²) in [5.41, 5.74) is 6.37. The van der Waals surface area contributed by atoms with Crippen molar-refractivity contribution in [3.8, 4) is 0 Å². The largest absolute Gasteiger partial charge is 0.382 e. The molecule has 2 aliphatic rings. The molecule has 27 heavy (non-hydrogen) atoms. The average Bonchev–Trinajstić information content (AvgIpc) is 3.10. The van der Waals surface area contributed by atoms with Gasteiger partial charge >= 0.3 is 0 Å². The van der Waals surface area contributed by atoms with E-state index in [0.717, 1.165) is 44.7 Å². The summed E-state index contributed by atoms with van der Waals surface area (Å²) in [6, 6.07) is 11.7. The number of likely N-dealkylation sites (tertiary alicyclic amines) is 1. The number of hydrogen-bond donors (Lipinski definition) is 1. The summed E-state index contributed by atoms with van der Waals surface area (Å²) in [5, 5.41) is 4.24. The highest BCUT2D eigenvalue weighted by Crippen LogP contribution is 2.34. The third-order valence-corrected chi connectivity index (χ3v) is 5.63. The molecule has 0 radical (unpaired) electrons. The van der Waals surface area contributed by atoms with Crippen molar-refractivity contribution >= 4 is 17.4 Å². The van der Waals surface area contributed by atoms with E-state index in [1.807, 2.05) is 59.1 Å². The summed E-state index contributed by atoms with van der Waals surface area (Å²) in [4.78, 5) is 17.0. The van der Waals surface area contributed by atoms with Crippen molar-refractivity contribution in [2.75, 3.05) is 36.8 Å². The number of nitrogen functional groups attached to an aromatic ring is 1. The highest BCUT2D eigenvalue weighted by atomic mass is 16.5. The van der Waals surface area contributed by atoms with E-state index in [4.69, 9.17) is 10.5 Å². The van der Waals surface area contributed by atoms with Gasteiger partial charge in [-0.05, 0) is 38.0 Å². The van der Waals surface area contributed by atoms with Gasteiger partial charge in [-0.15, -0.1) is 0 Å². The second-order valence-electron chi connectivity index (χ2n) is 7.55. The van der Waals surface area contributed by atoms with Crippen LogP contribution >= 0.6 is 0 Å². The van der Waals surface area contributed by atoms with Crippen LogP contribution in [0.2, 0.25) is 0 Å². The molecule has 2 aliphatic heterocycles. The van der Waals surface area contributed by atoms with Crippen molar-refractivity contribution in [1.82, 2.24) is 14.7 Å². The summed E-state index contributed by atoms with van der Waals surface area (Å²) >= 11 is 0. The maximum atomic E-state index is 12.6. The number of nitrogens with two attached hydrogens (primary N) is 1. The molecule has 0 bridgehead atoms. The lowest BCUT2D eigenvalue weighted by Gasteiger charge is -2.49. The van der Waals surface area contributed by atoms with E-state index in [0.29, 0.717) is 12.4 Å². The maximum Gasteiger partial charge on any atom is 0.255 e. The van der Waals surface area contributed by atoms with Crippen LogP contribution in [0.1, 0.15) is 19.8 Å². The van der Waals surface area contributed by atoms with Gasteiger partial charge in [0, 0.05) is 31.5 Å². The predicted molar refractivity (Wildman–Crippen MR) is 104 cm³/mol. The number of hydrogen-bond acceptors (Lipinski definition) is 5. The van der Waals surface area contributed by atoms with Gasteiger partial charge < -0.3 is 20.3 Å². The van der Waals surface area contributed by atoms with E-state index < -0.39 is 6.10 Å². The number of rotatable bonds is 4. The minimum atomic E-state index is -0.405. The minimum Gasteiger partial charge on any atom is -0.382 e. The fourth-order valence-electron chi connectivity index (χ4n) is 4.08. The Labute approximate surface area is 159 Å². The highest BCUT2D eigenvalue weighted by molar-refractivity contribution is 5.97. The number of ether oxygens (including phenoxy) is 1. The Morgan fingerprint density at radius 3 is 2.59 bits per heavy atom. The van der Waals surface area contributed by atoms with Crippen LogP contribution in [0.3, 0.4) is 0 Å². The fraction of sp³-hybridized carbons (Fsp3) is 0.500. The molecule has 1 unspecified atom stereocenters. The van der Waals surface area contributed by atoms with Gasteiger partial charge in [-0.2, -0.15) is 5.10 Å². The van der Waals surface area contributed by atoms with Crippen molar-refractivity contribution < 1.29 is 9.53 Å². The Balaban J connectivity index is 1.38. The third-order valence-electron chi connectivity index (χ3n) is 5.63. The maximum absolute atomic E-state index is 12.6. The molecule has 0 aliphatic carbocycles. The Morgan fingerprint density at radius 1 is 1.19 bits per heavy atom. The van der Waals surface area contributed by atoms with Gasteiger partial charge in [0.05, 0.1) is 18.7 Å². The Hall–Kier alpha value is -2.38. The van der Waals surface area contributed by atoms with Gasteiger partial charge in [0.15, 0.2) is 0 Å². The van der Waals surface area contributed by atoms with E-state index >= 15 is 0 Å². The number of benzene rings is 1. The summed E-state index contributed by atoms with van der Waals surface area (Å²) in [6.45, 7) is 6.18. The molecule has 1 atom stereocenters. The van der Waals surface area contributed by atoms with Gasteiger partial charge in [0.1, 0.15) is 11.9 Å². The minimum absolute atomic E-state index is 0.0468. The molecule has 7 heteroatoms. The van der Waals surface area contributed by atoms with E-state index in [1.54, 1.807) is 0 Å². The fourth-order valence-corrected chi connectivity index (χ4v) is 4.08. The van der Waals surface area contributed by atoms with Crippen LogP contribution in [0.5, 0.6) is 0 Å². The lowest BCUT2D eigenvalue weighted by molar-refractivity contribution is -0.161. The van der Waals surface area contributed by atoms with Crippen molar-refractivity contribution in [2.45, 2.75) is 38.0 Å². The first kappa shape index (κ1) is 18.0. The molecule has 1 aromatic carbocycles. The molecule has 2 N–H and O–H groups in total. The van der Waals surface area contributed by atoms with Crippen molar-refractivity contribution in [3.05, 3.63) is 42.6 Å². The quantitative estimate of drug-likeness (QED) is 0.889. The number of anilines is 2. The van der Waals surface area contributed by atoms with E-state index in [-0.39, 0.29) is 11.5 Å². The van der Waals surface area contributed by atoms with E-state index in [2.05, 4.69) is 10.00 Å². The molecule has 1 spiro atoms. The molecule has 7 nitrogen and oxygen atoms in total. The van der Waals surface area contributed by atoms with E-state index in [9.17, 15) is 4.79 Å². The number of para-hydroxylation sites is 1. The molecule has 1 aromatic heterocycles. The van der Waals surface area contributed by atoms with Crippen molar-refractivity contribution in [1.29, 1.82) is 0 Å². The van der Waals surface area contributed by atoms with Gasteiger partial charge in [-0.1, -0.05) is 18.2 Å². The molecule has 2 aromatic rings. The monoisotopic (exact) mass is 369 g/mol. The van der Waals surface area contributed by atoms with Crippen molar-refractivity contribution in [3.63, 3.8) is 0 Å². The lowest BCUT2D eigenvalue weighted by Crippen LogP contribution is -2.61. The van der Waals surface area contributed by atoms with Crippen LogP contribution in [-0.2, 0) is 16.1 Å². The molecule has 2 saturated heterocycles. The number of aromatic nitrogens is 2. The molecule has 0 saturated carbocycles. The summed E-state index contributed by atoms with van der Waals surface area (Å²) in [7, 11) is 0. The SMILES string of the molecule is CC1OC2(CCN(CCn3ccc(N)n3)CC2)CN(c2ccccc2)C1=O. The first-order valence-corrected chi connectivity index (χ1v) is 9.60. The van der Waals surface area contributed by atoms with Crippen LogP contribution in [0.15, 0.2) is 42.6 Å². The summed E-state index contributed by atoms with van der Waals surface area (Å²) in [6.07, 6.45) is 3.36. The predicted octanol–water partition coefficient (Wildman–Crippen LogP) is 1.75. The third kappa shape index (κ3) is 3.84. The second-order valence-corrected chi connectivity index (χ2v) is 7.55. The smallest absolute Gasteiger partial charge is 0.255 e. The molecular weight excluding hydrogens is 342 g/mol.